The highest BCUT2D eigenvalue weighted by Crippen LogP contribution is 2.21. The van der Waals surface area contributed by atoms with Gasteiger partial charge in [-0.25, -0.2) is 18.7 Å². The Morgan fingerprint density at radius 3 is 2.50 bits per heavy atom. The maximum Gasteiger partial charge on any atom is 0.274 e. The van der Waals surface area contributed by atoms with Gasteiger partial charge in [-0.3, -0.25) is 4.79 Å². The summed E-state index contributed by atoms with van der Waals surface area (Å²) in [5.41, 5.74) is 1.42. The monoisotopic (exact) mass is 354 g/mol. The van der Waals surface area contributed by atoms with Gasteiger partial charge in [-0.15, -0.1) is 0 Å². The quantitative estimate of drug-likeness (QED) is 0.716. The van der Waals surface area contributed by atoms with Crippen molar-refractivity contribution in [1.29, 1.82) is 0 Å². The summed E-state index contributed by atoms with van der Waals surface area (Å²) >= 11 is 0. The summed E-state index contributed by atoms with van der Waals surface area (Å²) in [5.74, 6) is -2.05. The molecule has 0 saturated heterocycles. The molecule has 0 aliphatic carbocycles. The zero-order valence-corrected chi connectivity index (χ0v) is 14.0. The van der Waals surface area contributed by atoms with Gasteiger partial charge in [0.25, 0.3) is 5.91 Å². The van der Waals surface area contributed by atoms with Crippen LogP contribution in [0.2, 0.25) is 0 Å². The van der Waals surface area contributed by atoms with Crippen molar-refractivity contribution < 1.29 is 13.6 Å². The molecule has 7 heteroatoms. The molecule has 0 saturated carbocycles. The molecule has 26 heavy (non-hydrogen) atoms. The van der Waals surface area contributed by atoms with Crippen LogP contribution < -0.4 is 10.6 Å². The molecule has 3 rings (SSSR count). The minimum absolute atomic E-state index is 0.0147. The zero-order chi connectivity index (χ0) is 18.5. The first-order valence-electron chi connectivity index (χ1n) is 8.01. The van der Waals surface area contributed by atoms with E-state index in [1.807, 2.05) is 31.2 Å². The SMILES string of the molecule is CCc1ccccc1Nc1cc(C(=O)Nc2c(F)cccc2F)ncn1. The molecule has 2 aromatic carbocycles. The van der Waals surface area contributed by atoms with Crippen LogP contribution in [0, 0.1) is 11.6 Å². The molecule has 0 atom stereocenters. The number of aromatic nitrogens is 2. The van der Waals surface area contributed by atoms with E-state index in [1.54, 1.807) is 0 Å². The molecule has 0 aliphatic rings. The van der Waals surface area contributed by atoms with Crippen LogP contribution in [0.5, 0.6) is 0 Å². The van der Waals surface area contributed by atoms with E-state index in [2.05, 4.69) is 20.6 Å². The summed E-state index contributed by atoms with van der Waals surface area (Å²) in [4.78, 5) is 20.2. The van der Waals surface area contributed by atoms with Gasteiger partial charge in [0.15, 0.2) is 0 Å². The fourth-order valence-corrected chi connectivity index (χ4v) is 2.43. The molecule has 0 bridgehead atoms. The van der Waals surface area contributed by atoms with Crippen LogP contribution in [-0.2, 0) is 6.42 Å². The Bertz CT molecular complexity index is 926. The average molecular weight is 354 g/mol. The molecule has 0 unspecified atom stereocenters. The Morgan fingerprint density at radius 1 is 1.04 bits per heavy atom. The van der Waals surface area contributed by atoms with Crippen LogP contribution in [0.25, 0.3) is 0 Å². The number of carbonyl (C=O) groups excluding carboxylic acids is 1. The molecule has 0 fully saturated rings. The molecule has 1 heterocycles. The number of hydrogen-bond donors (Lipinski definition) is 2. The lowest BCUT2D eigenvalue weighted by Crippen LogP contribution is -2.16. The van der Waals surface area contributed by atoms with E-state index in [0.717, 1.165) is 29.8 Å². The molecular formula is C19H16F2N4O. The summed E-state index contributed by atoms with van der Waals surface area (Å²) < 4.78 is 27.4. The number of halogens is 2. The van der Waals surface area contributed by atoms with E-state index in [-0.39, 0.29) is 5.69 Å². The first-order valence-corrected chi connectivity index (χ1v) is 8.01. The van der Waals surface area contributed by atoms with Crippen LogP contribution in [0.15, 0.2) is 54.9 Å². The zero-order valence-electron chi connectivity index (χ0n) is 14.0. The van der Waals surface area contributed by atoms with Crippen molar-refractivity contribution in [2.75, 3.05) is 10.6 Å². The number of anilines is 3. The Hall–Kier alpha value is -3.35. The number of aryl methyl sites for hydroxylation is 1. The second kappa shape index (κ2) is 7.69. The summed E-state index contributed by atoms with van der Waals surface area (Å²) in [5, 5.41) is 5.33. The van der Waals surface area contributed by atoms with Crippen LogP contribution in [0.3, 0.4) is 0 Å². The van der Waals surface area contributed by atoms with E-state index in [0.29, 0.717) is 5.82 Å². The number of nitrogens with one attached hydrogen (secondary N) is 2. The first kappa shape index (κ1) is 17.5. The van der Waals surface area contributed by atoms with E-state index < -0.39 is 23.2 Å². The third-order valence-corrected chi connectivity index (χ3v) is 3.76. The van der Waals surface area contributed by atoms with Crippen LogP contribution in [0.1, 0.15) is 23.0 Å². The second-order valence-electron chi connectivity index (χ2n) is 5.47. The fourth-order valence-electron chi connectivity index (χ4n) is 2.43. The fraction of sp³-hybridized carbons (Fsp3) is 0.105. The number of hydrogen-bond acceptors (Lipinski definition) is 4. The van der Waals surface area contributed by atoms with Gasteiger partial charge in [-0.05, 0) is 30.2 Å². The maximum absolute atomic E-state index is 13.7. The van der Waals surface area contributed by atoms with Crippen LogP contribution in [0.4, 0.5) is 26.0 Å². The van der Waals surface area contributed by atoms with Gasteiger partial charge in [-0.1, -0.05) is 31.2 Å². The van der Waals surface area contributed by atoms with Crippen molar-refractivity contribution in [3.8, 4) is 0 Å². The number of benzene rings is 2. The van der Waals surface area contributed by atoms with Crippen molar-refractivity contribution in [3.63, 3.8) is 0 Å². The molecule has 5 nitrogen and oxygen atoms in total. The molecule has 132 valence electrons. The van der Waals surface area contributed by atoms with Crippen molar-refractivity contribution in [2.45, 2.75) is 13.3 Å². The molecule has 0 aliphatic heterocycles. The van der Waals surface area contributed by atoms with Gasteiger partial charge in [-0.2, -0.15) is 0 Å². The first-order chi connectivity index (χ1) is 12.6. The predicted molar refractivity (Wildman–Crippen MR) is 95.4 cm³/mol. The molecule has 0 radical (unpaired) electrons. The Balaban J connectivity index is 1.82. The maximum atomic E-state index is 13.7. The van der Waals surface area contributed by atoms with Gasteiger partial charge in [0.05, 0.1) is 0 Å². The summed E-state index contributed by atoms with van der Waals surface area (Å²) in [6, 6.07) is 12.5. The topological polar surface area (TPSA) is 66.9 Å². The van der Waals surface area contributed by atoms with Gasteiger partial charge < -0.3 is 10.6 Å². The average Bonchev–Trinajstić information content (AvgIpc) is 2.65. The van der Waals surface area contributed by atoms with Crippen molar-refractivity contribution >= 4 is 23.1 Å². The van der Waals surface area contributed by atoms with Gasteiger partial charge in [0.1, 0.15) is 35.2 Å². The Labute approximate surface area is 149 Å². The second-order valence-corrected chi connectivity index (χ2v) is 5.47. The summed E-state index contributed by atoms with van der Waals surface area (Å²) in [6.45, 7) is 2.03. The van der Waals surface area contributed by atoms with Gasteiger partial charge in [0.2, 0.25) is 0 Å². The van der Waals surface area contributed by atoms with Crippen molar-refractivity contribution in [2.24, 2.45) is 0 Å². The predicted octanol–water partition coefficient (Wildman–Crippen LogP) is 4.31. The third-order valence-electron chi connectivity index (χ3n) is 3.76. The number of amides is 1. The van der Waals surface area contributed by atoms with E-state index in [4.69, 9.17) is 0 Å². The van der Waals surface area contributed by atoms with Gasteiger partial charge in [0, 0.05) is 11.8 Å². The van der Waals surface area contributed by atoms with Crippen molar-refractivity contribution in [1.82, 2.24) is 9.97 Å². The van der Waals surface area contributed by atoms with Gasteiger partial charge >= 0.3 is 0 Å². The lowest BCUT2D eigenvalue weighted by Gasteiger charge is -2.11. The minimum atomic E-state index is -0.859. The Morgan fingerprint density at radius 2 is 1.77 bits per heavy atom. The van der Waals surface area contributed by atoms with E-state index >= 15 is 0 Å². The highest BCUT2D eigenvalue weighted by molar-refractivity contribution is 6.03. The van der Waals surface area contributed by atoms with Crippen molar-refractivity contribution in [3.05, 3.63) is 77.8 Å². The highest BCUT2D eigenvalue weighted by Gasteiger charge is 2.15. The number of carbonyl (C=O) groups is 1. The molecule has 3 aromatic rings. The number of nitrogens with zero attached hydrogens (tertiary/aromatic N) is 2. The molecule has 1 amide bonds. The molecule has 0 spiro atoms. The van der Waals surface area contributed by atoms with E-state index in [9.17, 15) is 13.6 Å². The summed E-state index contributed by atoms with van der Waals surface area (Å²) in [7, 11) is 0. The van der Waals surface area contributed by atoms with Crippen LogP contribution in [-0.4, -0.2) is 15.9 Å². The molecular weight excluding hydrogens is 338 g/mol. The summed E-state index contributed by atoms with van der Waals surface area (Å²) in [6.07, 6.45) is 2.04. The molecule has 1 aromatic heterocycles. The number of para-hydroxylation sites is 2. The Kier molecular flexibility index (Phi) is 5.17. The van der Waals surface area contributed by atoms with Crippen LogP contribution >= 0.6 is 0 Å². The largest absolute Gasteiger partial charge is 0.340 e. The normalized spacial score (nSPS) is 10.4. The minimum Gasteiger partial charge on any atom is -0.340 e. The lowest BCUT2D eigenvalue weighted by atomic mass is 10.1. The smallest absolute Gasteiger partial charge is 0.274 e. The molecule has 2 N–H and O–H groups in total. The highest BCUT2D eigenvalue weighted by atomic mass is 19.1. The lowest BCUT2D eigenvalue weighted by molar-refractivity contribution is 0.102. The standard InChI is InChI=1S/C19H16F2N4O/c1-2-12-6-3-4-9-15(12)24-17-10-16(22-11-23-17)19(26)25-18-13(20)7-5-8-14(18)21/h3-11H,2H2,1H3,(H,25,26)(H,22,23,24). The third kappa shape index (κ3) is 3.83. The van der Waals surface area contributed by atoms with E-state index in [1.165, 1.54) is 18.5 Å². The number of rotatable bonds is 5.